The molecule has 0 saturated carbocycles. The molecule has 0 aliphatic carbocycles. The van der Waals surface area contributed by atoms with Crippen LogP contribution in [-0.4, -0.2) is 16.8 Å². The zero-order valence-corrected chi connectivity index (χ0v) is 12.9. The van der Waals surface area contributed by atoms with Crippen LogP contribution in [-0.2, 0) is 11.3 Å². The van der Waals surface area contributed by atoms with Crippen molar-refractivity contribution < 1.29 is 23.6 Å². The second-order valence-corrected chi connectivity index (χ2v) is 4.88. The summed E-state index contributed by atoms with van der Waals surface area (Å²) in [5.74, 6) is -2.43. The van der Waals surface area contributed by atoms with Crippen LogP contribution in [0.25, 0.3) is 0 Å². The number of carbonyl (C=O) groups is 2. The number of halogens is 1. The normalized spacial score (nSPS) is 9.96. The molecule has 0 heterocycles. The SMILES string of the molecule is C=CC(=O)NCc1ccc(C(=O)Oc2cc(F)ccc2[N+](=O)[O-])cc1. The van der Waals surface area contributed by atoms with E-state index >= 15 is 0 Å². The van der Waals surface area contributed by atoms with Crippen LogP contribution in [0.5, 0.6) is 5.75 Å². The molecule has 0 saturated heterocycles. The van der Waals surface area contributed by atoms with Crippen molar-refractivity contribution >= 4 is 17.6 Å². The van der Waals surface area contributed by atoms with Gasteiger partial charge in [-0.2, -0.15) is 0 Å². The third kappa shape index (κ3) is 4.71. The fourth-order valence-electron chi connectivity index (χ4n) is 1.90. The summed E-state index contributed by atoms with van der Waals surface area (Å²) < 4.78 is 18.2. The van der Waals surface area contributed by atoms with E-state index in [9.17, 15) is 24.1 Å². The van der Waals surface area contributed by atoms with E-state index < -0.39 is 28.1 Å². The molecule has 7 nitrogen and oxygen atoms in total. The molecule has 2 rings (SSSR count). The summed E-state index contributed by atoms with van der Waals surface area (Å²) in [6.07, 6.45) is 1.14. The predicted molar refractivity (Wildman–Crippen MR) is 86.5 cm³/mol. The monoisotopic (exact) mass is 344 g/mol. The lowest BCUT2D eigenvalue weighted by Crippen LogP contribution is -2.20. The first-order chi connectivity index (χ1) is 11.9. The van der Waals surface area contributed by atoms with E-state index in [-0.39, 0.29) is 18.0 Å². The van der Waals surface area contributed by atoms with Crippen molar-refractivity contribution in [3.8, 4) is 5.75 Å². The first-order valence-electron chi connectivity index (χ1n) is 7.06. The number of hydrogen-bond acceptors (Lipinski definition) is 5. The number of hydrogen-bond donors (Lipinski definition) is 1. The maximum Gasteiger partial charge on any atom is 0.343 e. The number of amides is 1. The van der Waals surface area contributed by atoms with Gasteiger partial charge in [-0.25, -0.2) is 9.18 Å². The Bertz CT molecular complexity index is 833. The molecule has 0 fully saturated rings. The number of nitro groups is 1. The van der Waals surface area contributed by atoms with Crippen LogP contribution in [0.1, 0.15) is 15.9 Å². The molecule has 8 heteroatoms. The van der Waals surface area contributed by atoms with Gasteiger partial charge in [0.25, 0.3) is 0 Å². The van der Waals surface area contributed by atoms with Gasteiger partial charge in [-0.1, -0.05) is 18.7 Å². The van der Waals surface area contributed by atoms with Crippen molar-refractivity contribution in [1.82, 2.24) is 5.32 Å². The molecule has 1 N–H and O–H groups in total. The Labute approximate surface area is 141 Å². The molecule has 0 spiro atoms. The summed E-state index contributed by atoms with van der Waals surface area (Å²) in [6.45, 7) is 3.57. The average molecular weight is 344 g/mol. The zero-order chi connectivity index (χ0) is 18.4. The highest BCUT2D eigenvalue weighted by atomic mass is 19.1. The number of ether oxygens (including phenoxy) is 1. The molecule has 1 amide bonds. The molecule has 2 aromatic carbocycles. The molecule has 128 valence electrons. The van der Waals surface area contributed by atoms with Crippen LogP contribution in [0.2, 0.25) is 0 Å². The van der Waals surface area contributed by atoms with Crippen LogP contribution in [0, 0.1) is 15.9 Å². The Kier molecular flexibility index (Phi) is 5.57. The van der Waals surface area contributed by atoms with Gasteiger partial charge in [0.2, 0.25) is 11.7 Å². The molecule has 0 radical (unpaired) electrons. The number of nitrogens with zero attached hydrogens (tertiary/aromatic N) is 1. The van der Waals surface area contributed by atoms with E-state index in [0.717, 1.165) is 29.8 Å². The van der Waals surface area contributed by atoms with Crippen LogP contribution in [0.3, 0.4) is 0 Å². The molecule has 0 aliphatic rings. The van der Waals surface area contributed by atoms with E-state index in [4.69, 9.17) is 4.74 Å². The first-order valence-corrected chi connectivity index (χ1v) is 7.06. The van der Waals surface area contributed by atoms with E-state index in [1.54, 1.807) is 12.1 Å². The number of nitrogens with one attached hydrogen (secondary N) is 1. The van der Waals surface area contributed by atoms with E-state index in [1.807, 2.05) is 0 Å². The number of esters is 1. The Hall–Kier alpha value is -3.55. The van der Waals surface area contributed by atoms with Crippen LogP contribution >= 0.6 is 0 Å². The highest BCUT2D eigenvalue weighted by Gasteiger charge is 2.19. The summed E-state index contributed by atoms with van der Waals surface area (Å²) >= 11 is 0. The summed E-state index contributed by atoms with van der Waals surface area (Å²) in [6, 6.07) is 8.63. The minimum absolute atomic E-state index is 0.123. The van der Waals surface area contributed by atoms with Crippen LogP contribution in [0.15, 0.2) is 55.1 Å². The van der Waals surface area contributed by atoms with Gasteiger partial charge in [0.1, 0.15) is 5.82 Å². The quantitative estimate of drug-likeness (QED) is 0.286. The first kappa shape index (κ1) is 17.8. The van der Waals surface area contributed by atoms with Gasteiger partial charge in [-0.05, 0) is 29.8 Å². The fourth-order valence-corrected chi connectivity index (χ4v) is 1.90. The van der Waals surface area contributed by atoms with Gasteiger partial charge in [0, 0.05) is 18.7 Å². The molecule has 0 aliphatic heterocycles. The number of benzene rings is 2. The van der Waals surface area contributed by atoms with Crippen molar-refractivity contribution in [2.45, 2.75) is 6.54 Å². The van der Waals surface area contributed by atoms with Gasteiger partial charge in [0.15, 0.2) is 0 Å². The van der Waals surface area contributed by atoms with Gasteiger partial charge in [0.05, 0.1) is 10.5 Å². The molecule has 2 aromatic rings. The molecule has 0 atom stereocenters. The fraction of sp³-hybridized carbons (Fsp3) is 0.0588. The number of carbonyl (C=O) groups excluding carboxylic acids is 2. The lowest BCUT2D eigenvalue weighted by molar-refractivity contribution is -0.385. The lowest BCUT2D eigenvalue weighted by Gasteiger charge is -2.07. The molecule has 25 heavy (non-hydrogen) atoms. The molecular weight excluding hydrogens is 331 g/mol. The smallest absolute Gasteiger partial charge is 0.343 e. The highest BCUT2D eigenvalue weighted by molar-refractivity contribution is 5.91. The van der Waals surface area contributed by atoms with Gasteiger partial charge < -0.3 is 10.1 Å². The minimum atomic E-state index is -0.865. The van der Waals surface area contributed by atoms with E-state index in [0.29, 0.717) is 0 Å². The number of rotatable bonds is 6. The van der Waals surface area contributed by atoms with Crippen molar-refractivity contribution in [3.05, 3.63) is 82.2 Å². The minimum Gasteiger partial charge on any atom is -0.415 e. The predicted octanol–water partition coefficient (Wildman–Crippen LogP) is 2.76. The molecule has 0 bridgehead atoms. The van der Waals surface area contributed by atoms with Crippen LogP contribution < -0.4 is 10.1 Å². The lowest BCUT2D eigenvalue weighted by atomic mass is 10.1. The van der Waals surface area contributed by atoms with Gasteiger partial charge >= 0.3 is 11.7 Å². The Morgan fingerprint density at radius 3 is 2.52 bits per heavy atom. The van der Waals surface area contributed by atoms with E-state index in [2.05, 4.69) is 11.9 Å². The zero-order valence-electron chi connectivity index (χ0n) is 12.9. The number of nitro benzene ring substituents is 1. The largest absolute Gasteiger partial charge is 0.415 e. The summed E-state index contributed by atoms with van der Waals surface area (Å²) in [5.41, 5.74) is 0.333. The van der Waals surface area contributed by atoms with E-state index in [1.165, 1.54) is 12.1 Å². The van der Waals surface area contributed by atoms with Gasteiger partial charge in [-0.3, -0.25) is 14.9 Å². The topological polar surface area (TPSA) is 98.5 Å². The standard InChI is InChI=1S/C17H13FN2O5/c1-2-16(21)19-10-11-3-5-12(6-4-11)17(22)25-15-9-13(18)7-8-14(15)20(23)24/h2-9H,1,10H2,(H,19,21). The highest BCUT2D eigenvalue weighted by Crippen LogP contribution is 2.28. The van der Waals surface area contributed by atoms with Crippen molar-refractivity contribution in [3.63, 3.8) is 0 Å². The summed E-state index contributed by atoms with van der Waals surface area (Å²) in [4.78, 5) is 33.3. The maximum absolute atomic E-state index is 13.2. The summed E-state index contributed by atoms with van der Waals surface area (Å²) in [5, 5.41) is 13.5. The third-order valence-electron chi connectivity index (χ3n) is 3.16. The Morgan fingerprint density at radius 1 is 1.24 bits per heavy atom. The second-order valence-electron chi connectivity index (χ2n) is 4.88. The summed E-state index contributed by atoms with van der Waals surface area (Å²) in [7, 11) is 0. The van der Waals surface area contributed by atoms with Crippen molar-refractivity contribution in [2.24, 2.45) is 0 Å². The Morgan fingerprint density at radius 2 is 1.92 bits per heavy atom. The Balaban J connectivity index is 2.11. The molecular formula is C17H13FN2O5. The second kappa shape index (κ2) is 7.82. The third-order valence-corrected chi connectivity index (χ3v) is 3.16. The van der Waals surface area contributed by atoms with Crippen molar-refractivity contribution in [2.75, 3.05) is 0 Å². The maximum atomic E-state index is 13.2. The molecule has 0 unspecified atom stereocenters. The molecule has 0 aromatic heterocycles. The van der Waals surface area contributed by atoms with Crippen LogP contribution in [0.4, 0.5) is 10.1 Å². The van der Waals surface area contributed by atoms with Crippen molar-refractivity contribution in [1.29, 1.82) is 0 Å². The average Bonchev–Trinajstić information content (AvgIpc) is 2.59. The van der Waals surface area contributed by atoms with Gasteiger partial charge in [-0.15, -0.1) is 0 Å².